The van der Waals surface area contributed by atoms with E-state index in [2.05, 4.69) is 10.3 Å². The van der Waals surface area contributed by atoms with Crippen molar-refractivity contribution in [2.75, 3.05) is 13.7 Å². The van der Waals surface area contributed by atoms with E-state index in [0.29, 0.717) is 12.5 Å². The SMILES string of the molecule is CO[C@@H](CNC(=O)c1ccnc(F)c1)C(C)C. The van der Waals surface area contributed by atoms with Gasteiger partial charge in [-0.3, -0.25) is 4.79 Å². The zero-order valence-corrected chi connectivity index (χ0v) is 10.2. The van der Waals surface area contributed by atoms with Gasteiger partial charge >= 0.3 is 0 Å². The number of ether oxygens (including phenoxy) is 1. The van der Waals surface area contributed by atoms with Crippen molar-refractivity contribution in [3.63, 3.8) is 0 Å². The number of halogens is 1. The lowest BCUT2D eigenvalue weighted by Gasteiger charge is -2.19. The van der Waals surface area contributed by atoms with Gasteiger partial charge in [-0.1, -0.05) is 13.8 Å². The fraction of sp³-hybridized carbons (Fsp3) is 0.500. The highest BCUT2D eigenvalue weighted by Crippen LogP contribution is 2.05. The smallest absolute Gasteiger partial charge is 0.251 e. The fourth-order valence-corrected chi connectivity index (χ4v) is 1.43. The van der Waals surface area contributed by atoms with E-state index in [1.807, 2.05) is 13.8 Å². The average Bonchev–Trinajstić information content (AvgIpc) is 2.29. The molecule has 1 atom stereocenters. The first-order valence-corrected chi connectivity index (χ1v) is 5.47. The Morgan fingerprint density at radius 1 is 1.59 bits per heavy atom. The molecular weight excluding hydrogens is 223 g/mol. The number of nitrogens with one attached hydrogen (secondary N) is 1. The van der Waals surface area contributed by atoms with Gasteiger partial charge in [0.1, 0.15) is 0 Å². The second kappa shape index (κ2) is 6.30. The molecule has 0 aromatic carbocycles. The molecule has 0 aliphatic heterocycles. The number of amides is 1. The van der Waals surface area contributed by atoms with Crippen molar-refractivity contribution < 1.29 is 13.9 Å². The summed E-state index contributed by atoms with van der Waals surface area (Å²) < 4.78 is 18.0. The normalized spacial score (nSPS) is 12.5. The monoisotopic (exact) mass is 240 g/mol. The maximum absolute atomic E-state index is 12.8. The van der Waals surface area contributed by atoms with Gasteiger partial charge < -0.3 is 10.1 Å². The molecule has 1 amide bonds. The number of nitrogens with zero attached hydrogens (tertiary/aromatic N) is 1. The van der Waals surface area contributed by atoms with E-state index < -0.39 is 5.95 Å². The van der Waals surface area contributed by atoms with E-state index in [-0.39, 0.29) is 17.6 Å². The lowest BCUT2D eigenvalue weighted by Crippen LogP contribution is -2.36. The van der Waals surface area contributed by atoms with Crippen molar-refractivity contribution in [3.05, 3.63) is 29.8 Å². The van der Waals surface area contributed by atoms with Crippen molar-refractivity contribution in [3.8, 4) is 0 Å². The summed E-state index contributed by atoms with van der Waals surface area (Å²) in [7, 11) is 1.60. The highest BCUT2D eigenvalue weighted by molar-refractivity contribution is 5.93. The Kier molecular flexibility index (Phi) is 5.03. The Bertz CT molecular complexity index is 383. The Balaban J connectivity index is 2.55. The molecule has 5 heteroatoms. The number of hydrogen-bond acceptors (Lipinski definition) is 3. The van der Waals surface area contributed by atoms with Crippen molar-refractivity contribution in [2.24, 2.45) is 5.92 Å². The van der Waals surface area contributed by atoms with Gasteiger partial charge in [-0.15, -0.1) is 0 Å². The third-order valence-electron chi connectivity index (χ3n) is 2.50. The summed E-state index contributed by atoms with van der Waals surface area (Å²) in [5.74, 6) is -0.687. The zero-order chi connectivity index (χ0) is 12.8. The summed E-state index contributed by atoms with van der Waals surface area (Å²) in [5.41, 5.74) is 0.260. The number of hydrogen-bond donors (Lipinski definition) is 1. The van der Waals surface area contributed by atoms with Crippen LogP contribution in [-0.2, 0) is 4.74 Å². The third-order valence-corrected chi connectivity index (χ3v) is 2.50. The molecule has 0 fully saturated rings. The Morgan fingerprint density at radius 2 is 2.29 bits per heavy atom. The molecule has 1 rings (SSSR count). The first-order chi connectivity index (χ1) is 8.04. The zero-order valence-electron chi connectivity index (χ0n) is 10.2. The Labute approximate surface area is 100 Å². The van der Waals surface area contributed by atoms with Gasteiger partial charge in [0.05, 0.1) is 6.10 Å². The van der Waals surface area contributed by atoms with Crippen LogP contribution in [0.25, 0.3) is 0 Å². The highest BCUT2D eigenvalue weighted by Gasteiger charge is 2.14. The minimum Gasteiger partial charge on any atom is -0.379 e. The van der Waals surface area contributed by atoms with Crippen LogP contribution in [0.15, 0.2) is 18.3 Å². The van der Waals surface area contributed by atoms with E-state index in [0.717, 1.165) is 6.07 Å². The van der Waals surface area contributed by atoms with Crippen LogP contribution in [0.2, 0.25) is 0 Å². The number of aromatic nitrogens is 1. The number of pyridine rings is 1. The van der Waals surface area contributed by atoms with Crippen LogP contribution in [0.5, 0.6) is 0 Å². The van der Waals surface area contributed by atoms with E-state index in [1.54, 1.807) is 7.11 Å². The number of carbonyl (C=O) groups is 1. The summed E-state index contributed by atoms with van der Waals surface area (Å²) >= 11 is 0. The summed E-state index contributed by atoms with van der Waals surface area (Å²) in [6.07, 6.45) is 1.21. The quantitative estimate of drug-likeness (QED) is 0.796. The van der Waals surface area contributed by atoms with Crippen LogP contribution in [0.4, 0.5) is 4.39 Å². The second-order valence-electron chi connectivity index (χ2n) is 4.10. The molecule has 0 aliphatic carbocycles. The number of carbonyl (C=O) groups excluding carboxylic acids is 1. The molecule has 94 valence electrons. The molecule has 0 spiro atoms. The van der Waals surface area contributed by atoms with E-state index in [1.165, 1.54) is 12.3 Å². The molecule has 1 aromatic rings. The Morgan fingerprint density at radius 3 is 2.82 bits per heavy atom. The maximum Gasteiger partial charge on any atom is 0.251 e. The predicted octanol–water partition coefficient (Wildman–Crippen LogP) is 1.62. The van der Waals surface area contributed by atoms with Crippen LogP contribution < -0.4 is 5.32 Å². The molecular formula is C12H17FN2O2. The molecule has 0 bridgehead atoms. The topological polar surface area (TPSA) is 51.2 Å². The van der Waals surface area contributed by atoms with Crippen molar-refractivity contribution in [1.82, 2.24) is 10.3 Å². The number of methoxy groups -OCH3 is 1. The molecule has 0 saturated heterocycles. The van der Waals surface area contributed by atoms with E-state index in [4.69, 9.17) is 4.74 Å². The largest absolute Gasteiger partial charge is 0.379 e. The summed E-state index contributed by atoms with van der Waals surface area (Å²) in [4.78, 5) is 15.1. The molecule has 0 aliphatic rings. The highest BCUT2D eigenvalue weighted by atomic mass is 19.1. The fourth-order valence-electron chi connectivity index (χ4n) is 1.43. The maximum atomic E-state index is 12.8. The minimum absolute atomic E-state index is 0.0503. The Hall–Kier alpha value is -1.49. The van der Waals surface area contributed by atoms with Crippen LogP contribution in [0.1, 0.15) is 24.2 Å². The molecule has 17 heavy (non-hydrogen) atoms. The summed E-state index contributed by atoms with van der Waals surface area (Å²) in [6, 6.07) is 2.57. The van der Waals surface area contributed by atoms with E-state index >= 15 is 0 Å². The lowest BCUT2D eigenvalue weighted by atomic mass is 10.1. The molecule has 1 N–H and O–H groups in total. The van der Waals surface area contributed by atoms with Gasteiger partial charge in [0.15, 0.2) is 0 Å². The van der Waals surface area contributed by atoms with E-state index in [9.17, 15) is 9.18 Å². The van der Waals surface area contributed by atoms with Crippen LogP contribution >= 0.6 is 0 Å². The van der Waals surface area contributed by atoms with Gasteiger partial charge in [-0.2, -0.15) is 4.39 Å². The summed E-state index contributed by atoms with van der Waals surface area (Å²) in [6.45, 7) is 4.41. The molecule has 1 heterocycles. The van der Waals surface area contributed by atoms with Gasteiger partial charge in [0.25, 0.3) is 5.91 Å². The molecule has 4 nitrogen and oxygen atoms in total. The minimum atomic E-state index is -0.662. The lowest BCUT2D eigenvalue weighted by molar-refractivity contribution is 0.0605. The van der Waals surface area contributed by atoms with Gasteiger partial charge in [-0.05, 0) is 12.0 Å². The molecule has 0 radical (unpaired) electrons. The van der Waals surface area contributed by atoms with Crippen LogP contribution in [-0.4, -0.2) is 30.6 Å². The predicted molar refractivity (Wildman–Crippen MR) is 62.2 cm³/mol. The van der Waals surface area contributed by atoms with Crippen LogP contribution in [0, 0.1) is 11.9 Å². The summed E-state index contributed by atoms with van der Waals surface area (Å²) in [5, 5.41) is 2.70. The first kappa shape index (κ1) is 13.6. The van der Waals surface area contributed by atoms with Crippen molar-refractivity contribution in [2.45, 2.75) is 20.0 Å². The van der Waals surface area contributed by atoms with Crippen molar-refractivity contribution in [1.29, 1.82) is 0 Å². The van der Waals surface area contributed by atoms with Crippen molar-refractivity contribution >= 4 is 5.91 Å². The van der Waals surface area contributed by atoms with Gasteiger partial charge in [0.2, 0.25) is 5.95 Å². The average molecular weight is 240 g/mol. The molecule has 0 unspecified atom stereocenters. The van der Waals surface area contributed by atoms with Gasteiger partial charge in [-0.25, -0.2) is 4.98 Å². The second-order valence-corrected chi connectivity index (χ2v) is 4.10. The molecule has 0 saturated carbocycles. The third kappa shape index (κ3) is 4.11. The van der Waals surface area contributed by atoms with Crippen LogP contribution in [0.3, 0.4) is 0 Å². The van der Waals surface area contributed by atoms with Gasteiger partial charge in [0, 0.05) is 31.5 Å². The standard InChI is InChI=1S/C12H17FN2O2/c1-8(2)10(17-3)7-15-12(16)9-4-5-14-11(13)6-9/h4-6,8,10H,7H2,1-3H3,(H,15,16)/t10-/m0/s1. The molecule has 1 aromatic heterocycles. The first-order valence-electron chi connectivity index (χ1n) is 5.47. The number of rotatable bonds is 5.